The fraction of sp³-hybridized carbons (Fsp3) is 0.312. The van der Waals surface area contributed by atoms with Crippen LogP contribution >= 0.6 is 0 Å². The molecular formula is C16H18N2O3. The van der Waals surface area contributed by atoms with E-state index in [0.717, 1.165) is 24.5 Å². The van der Waals surface area contributed by atoms with Crippen LogP contribution in [0.1, 0.15) is 10.6 Å². The van der Waals surface area contributed by atoms with Gasteiger partial charge in [-0.1, -0.05) is 0 Å². The van der Waals surface area contributed by atoms with Gasteiger partial charge in [-0.3, -0.25) is 4.79 Å². The molecule has 1 fully saturated rings. The third-order valence-corrected chi connectivity index (χ3v) is 3.74. The average Bonchev–Trinajstić information content (AvgIpc) is 3.09. The van der Waals surface area contributed by atoms with Crippen LogP contribution in [0.3, 0.4) is 0 Å². The molecule has 1 aromatic heterocycles. The molecule has 0 unspecified atom stereocenters. The van der Waals surface area contributed by atoms with E-state index in [9.17, 15) is 4.79 Å². The van der Waals surface area contributed by atoms with Gasteiger partial charge in [0.1, 0.15) is 5.75 Å². The fourth-order valence-electron chi connectivity index (χ4n) is 2.52. The van der Waals surface area contributed by atoms with E-state index in [1.54, 1.807) is 19.2 Å². The van der Waals surface area contributed by atoms with Crippen LogP contribution in [0.15, 0.2) is 47.1 Å². The van der Waals surface area contributed by atoms with Crippen molar-refractivity contribution < 1.29 is 13.9 Å². The summed E-state index contributed by atoms with van der Waals surface area (Å²) >= 11 is 0. The monoisotopic (exact) mass is 286 g/mol. The van der Waals surface area contributed by atoms with E-state index < -0.39 is 0 Å². The molecule has 2 aromatic rings. The molecule has 0 atom stereocenters. The van der Waals surface area contributed by atoms with Gasteiger partial charge in [-0.25, -0.2) is 0 Å². The summed E-state index contributed by atoms with van der Waals surface area (Å²) < 4.78 is 10.3. The Kier molecular flexibility index (Phi) is 3.81. The van der Waals surface area contributed by atoms with Gasteiger partial charge in [0.05, 0.1) is 13.4 Å². The van der Waals surface area contributed by atoms with Gasteiger partial charge in [0, 0.05) is 31.9 Å². The molecule has 0 saturated carbocycles. The first-order valence-electron chi connectivity index (χ1n) is 7.00. The Hall–Kier alpha value is -2.43. The second-order valence-corrected chi connectivity index (χ2v) is 4.95. The summed E-state index contributed by atoms with van der Waals surface area (Å²) in [6.07, 6.45) is 1.53. The third-order valence-electron chi connectivity index (χ3n) is 3.74. The number of anilines is 1. The molecule has 1 aliphatic rings. The van der Waals surface area contributed by atoms with Crippen LogP contribution in [0.4, 0.5) is 5.69 Å². The molecule has 0 radical (unpaired) electrons. The van der Waals surface area contributed by atoms with E-state index in [1.165, 1.54) is 6.26 Å². The van der Waals surface area contributed by atoms with E-state index in [-0.39, 0.29) is 5.91 Å². The van der Waals surface area contributed by atoms with Crippen molar-refractivity contribution in [2.45, 2.75) is 0 Å². The summed E-state index contributed by atoms with van der Waals surface area (Å²) in [6.45, 7) is 3.04. The maximum absolute atomic E-state index is 12.2. The van der Waals surface area contributed by atoms with Gasteiger partial charge >= 0.3 is 0 Å². The molecule has 0 aliphatic carbocycles. The Labute approximate surface area is 123 Å². The lowest BCUT2D eigenvalue weighted by molar-refractivity contribution is 0.0714. The highest BCUT2D eigenvalue weighted by atomic mass is 16.5. The zero-order valence-corrected chi connectivity index (χ0v) is 12.0. The minimum Gasteiger partial charge on any atom is -0.497 e. The minimum absolute atomic E-state index is 0.0330. The number of rotatable bonds is 3. The Balaban J connectivity index is 1.60. The molecule has 5 nitrogen and oxygen atoms in total. The van der Waals surface area contributed by atoms with Crippen molar-refractivity contribution in [3.63, 3.8) is 0 Å². The van der Waals surface area contributed by atoms with Gasteiger partial charge in [0.25, 0.3) is 5.91 Å². The summed E-state index contributed by atoms with van der Waals surface area (Å²) in [5.74, 6) is 1.23. The number of carbonyl (C=O) groups excluding carboxylic acids is 1. The highest BCUT2D eigenvalue weighted by Crippen LogP contribution is 2.21. The first-order chi connectivity index (χ1) is 10.3. The lowest BCUT2D eigenvalue weighted by Crippen LogP contribution is -2.48. The first kappa shape index (κ1) is 13.5. The molecule has 0 spiro atoms. The zero-order valence-electron chi connectivity index (χ0n) is 12.0. The average molecular weight is 286 g/mol. The largest absolute Gasteiger partial charge is 0.497 e. The maximum atomic E-state index is 12.2. The van der Waals surface area contributed by atoms with Gasteiger partial charge in [0.15, 0.2) is 5.76 Å². The first-order valence-corrected chi connectivity index (χ1v) is 7.00. The number of furan rings is 1. The molecule has 1 aliphatic heterocycles. The van der Waals surface area contributed by atoms with Gasteiger partial charge in [-0.15, -0.1) is 0 Å². The maximum Gasteiger partial charge on any atom is 0.289 e. The molecule has 3 rings (SSSR count). The summed E-state index contributed by atoms with van der Waals surface area (Å²) in [7, 11) is 1.66. The molecule has 1 saturated heterocycles. The Morgan fingerprint density at radius 1 is 1.10 bits per heavy atom. The highest BCUT2D eigenvalue weighted by molar-refractivity contribution is 5.91. The summed E-state index contributed by atoms with van der Waals surface area (Å²) in [5.41, 5.74) is 1.15. The number of ether oxygens (including phenoxy) is 1. The van der Waals surface area contributed by atoms with Crippen molar-refractivity contribution >= 4 is 11.6 Å². The van der Waals surface area contributed by atoms with Crippen molar-refractivity contribution in [1.29, 1.82) is 0 Å². The Bertz CT molecular complexity index is 584. The smallest absolute Gasteiger partial charge is 0.289 e. The second kappa shape index (κ2) is 5.91. The predicted octanol–water partition coefficient (Wildman–Crippen LogP) is 2.25. The number of methoxy groups -OCH3 is 1. The van der Waals surface area contributed by atoms with Gasteiger partial charge in [0.2, 0.25) is 0 Å². The Morgan fingerprint density at radius 3 is 2.38 bits per heavy atom. The molecular weight excluding hydrogens is 268 g/mol. The highest BCUT2D eigenvalue weighted by Gasteiger charge is 2.23. The number of hydrogen-bond donors (Lipinski definition) is 0. The zero-order chi connectivity index (χ0) is 14.7. The summed E-state index contributed by atoms with van der Waals surface area (Å²) in [4.78, 5) is 16.3. The number of piperazine rings is 1. The van der Waals surface area contributed by atoms with Crippen molar-refractivity contribution in [2.24, 2.45) is 0 Å². The minimum atomic E-state index is -0.0330. The van der Waals surface area contributed by atoms with Crippen LogP contribution in [-0.2, 0) is 0 Å². The second-order valence-electron chi connectivity index (χ2n) is 4.95. The SMILES string of the molecule is COc1ccc(N2CCN(C(=O)c3ccco3)CC2)cc1. The number of carbonyl (C=O) groups is 1. The van der Waals surface area contributed by atoms with Crippen molar-refractivity contribution in [1.82, 2.24) is 4.90 Å². The van der Waals surface area contributed by atoms with Crippen LogP contribution in [0.5, 0.6) is 5.75 Å². The van der Waals surface area contributed by atoms with E-state index >= 15 is 0 Å². The van der Waals surface area contributed by atoms with Crippen molar-refractivity contribution in [3.05, 3.63) is 48.4 Å². The molecule has 0 N–H and O–H groups in total. The molecule has 1 aromatic carbocycles. The summed E-state index contributed by atoms with van der Waals surface area (Å²) in [5, 5.41) is 0. The molecule has 21 heavy (non-hydrogen) atoms. The predicted molar refractivity (Wildman–Crippen MR) is 79.8 cm³/mol. The van der Waals surface area contributed by atoms with Crippen molar-refractivity contribution in [2.75, 3.05) is 38.2 Å². The third kappa shape index (κ3) is 2.86. The van der Waals surface area contributed by atoms with Gasteiger partial charge in [-0.05, 0) is 36.4 Å². The molecule has 0 bridgehead atoms. The summed E-state index contributed by atoms with van der Waals surface area (Å²) in [6, 6.07) is 11.4. The number of nitrogens with zero attached hydrogens (tertiary/aromatic N) is 2. The van der Waals surface area contributed by atoms with Crippen LogP contribution in [-0.4, -0.2) is 44.1 Å². The van der Waals surface area contributed by atoms with E-state index in [2.05, 4.69) is 4.90 Å². The lowest BCUT2D eigenvalue weighted by Gasteiger charge is -2.35. The molecule has 110 valence electrons. The van der Waals surface area contributed by atoms with E-state index in [1.807, 2.05) is 29.2 Å². The number of hydrogen-bond acceptors (Lipinski definition) is 4. The Morgan fingerprint density at radius 2 is 1.81 bits per heavy atom. The molecule has 1 amide bonds. The van der Waals surface area contributed by atoms with Gasteiger partial charge in [-0.2, -0.15) is 0 Å². The normalized spacial score (nSPS) is 15.1. The fourth-order valence-corrected chi connectivity index (χ4v) is 2.52. The number of benzene rings is 1. The standard InChI is InChI=1S/C16H18N2O3/c1-20-14-6-4-13(5-7-14)17-8-10-18(11-9-17)16(19)15-3-2-12-21-15/h2-7,12H,8-11H2,1H3. The lowest BCUT2D eigenvalue weighted by atomic mass is 10.2. The number of amides is 1. The van der Waals surface area contributed by atoms with E-state index in [0.29, 0.717) is 18.8 Å². The van der Waals surface area contributed by atoms with Crippen LogP contribution in [0.25, 0.3) is 0 Å². The van der Waals surface area contributed by atoms with Gasteiger partial charge < -0.3 is 19.0 Å². The topological polar surface area (TPSA) is 45.9 Å². The van der Waals surface area contributed by atoms with E-state index in [4.69, 9.17) is 9.15 Å². The van der Waals surface area contributed by atoms with Crippen LogP contribution < -0.4 is 9.64 Å². The van der Waals surface area contributed by atoms with Crippen molar-refractivity contribution in [3.8, 4) is 5.75 Å². The quantitative estimate of drug-likeness (QED) is 0.868. The molecule has 2 heterocycles. The van der Waals surface area contributed by atoms with Crippen LogP contribution in [0, 0.1) is 0 Å². The van der Waals surface area contributed by atoms with Crippen LogP contribution in [0.2, 0.25) is 0 Å². The molecule has 5 heteroatoms.